The van der Waals surface area contributed by atoms with Gasteiger partial charge in [-0.1, -0.05) is 41.9 Å². The molecule has 2 aromatic rings. The fraction of sp³-hybridized carbons (Fsp3) is 0.267. The van der Waals surface area contributed by atoms with Crippen molar-refractivity contribution < 1.29 is 4.79 Å². The molecule has 7 N–H and O–H groups in total. The largest absolute Gasteiger partial charge is 0.382 e. The third kappa shape index (κ3) is 4.54. The summed E-state index contributed by atoms with van der Waals surface area (Å²) in [6.07, 6.45) is 0.765. The number of carbonyl (C=O) groups excluding carboxylic acids is 1. The summed E-state index contributed by atoms with van der Waals surface area (Å²) in [5, 5.41) is 2.70. The van der Waals surface area contributed by atoms with Gasteiger partial charge in [-0.25, -0.2) is 9.97 Å². The molecule has 1 heterocycles. The van der Waals surface area contributed by atoms with Crippen LogP contribution in [0.1, 0.15) is 16.1 Å². The van der Waals surface area contributed by atoms with Crippen molar-refractivity contribution in [3.05, 3.63) is 46.7 Å². The Labute approximate surface area is 139 Å². The van der Waals surface area contributed by atoms with Crippen LogP contribution in [0.3, 0.4) is 0 Å². The highest BCUT2D eigenvalue weighted by atomic mass is 35.5. The molecule has 1 unspecified atom stereocenters. The van der Waals surface area contributed by atoms with Crippen LogP contribution in [-0.2, 0) is 6.42 Å². The number of halogens is 1. The summed E-state index contributed by atoms with van der Waals surface area (Å²) >= 11 is 5.77. The van der Waals surface area contributed by atoms with Crippen molar-refractivity contribution in [2.75, 3.05) is 24.6 Å². The van der Waals surface area contributed by atoms with Crippen LogP contribution < -0.4 is 22.5 Å². The highest BCUT2D eigenvalue weighted by Crippen LogP contribution is 2.17. The quantitative estimate of drug-likeness (QED) is 0.618. The van der Waals surface area contributed by atoms with Gasteiger partial charge < -0.3 is 22.5 Å². The molecule has 0 aliphatic rings. The Morgan fingerprint density at radius 2 is 1.87 bits per heavy atom. The average molecular weight is 335 g/mol. The summed E-state index contributed by atoms with van der Waals surface area (Å²) in [4.78, 5) is 19.8. The topological polar surface area (TPSA) is 133 Å². The molecule has 0 saturated carbocycles. The summed E-state index contributed by atoms with van der Waals surface area (Å²) in [6, 6.07) is 9.93. The first kappa shape index (κ1) is 17.0. The maximum absolute atomic E-state index is 12.2. The Kier molecular flexibility index (Phi) is 5.72. The van der Waals surface area contributed by atoms with Crippen LogP contribution in [0, 0.1) is 5.92 Å². The fourth-order valence-electron chi connectivity index (χ4n) is 2.12. The molecule has 122 valence electrons. The summed E-state index contributed by atoms with van der Waals surface area (Å²) in [6.45, 7) is 0.839. The van der Waals surface area contributed by atoms with Gasteiger partial charge in [0.25, 0.3) is 5.91 Å². The van der Waals surface area contributed by atoms with Crippen molar-refractivity contribution in [3.8, 4) is 0 Å². The molecule has 1 amide bonds. The van der Waals surface area contributed by atoms with Crippen molar-refractivity contribution >= 4 is 29.1 Å². The van der Waals surface area contributed by atoms with Crippen molar-refractivity contribution in [2.45, 2.75) is 6.42 Å². The van der Waals surface area contributed by atoms with E-state index in [-0.39, 0.29) is 28.4 Å². The van der Waals surface area contributed by atoms with Gasteiger partial charge in [-0.05, 0) is 24.4 Å². The molecule has 0 spiro atoms. The number of nitrogens with zero attached hydrogens (tertiary/aromatic N) is 2. The Morgan fingerprint density at radius 3 is 2.52 bits per heavy atom. The average Bonchev–Trinajstić information content (AvgIpc) is 2.55. The number of nitrogen functional groups attached to an aromatic ring is 2. The van der Waals surface area contributed by atoms with Crippen molar-refractivity contribution in [1.29, 1.82) is 0 Å². The second-order valence-electron chi connectivity index (χ2n) is 5.13. The summed E-state index contributed by atoms with van der Waals surface area (Å²) in [5.74, 6) is -0.426. The summed E-state index contributed by atoms with van der Waals surface area (Å²) in [5.41, 5.74) is 18.0. The normalized spacial score (nSPS) is 11.9. The number of amides is 1. The number of nitrogens with one attached hydrogen (secondary N) is 1. The van der Waals surface area contributed by atoms with Crippen molar-refractivity contribution in [2.24, 2.45) is 11.7 Å². The van der Waals surface area contributed by atoms with Crippen LogP contribution in [0.4, 0.5) is 11.6 Å². The zero-order chi connectivity index (χ0) is 16.8. The maximum atomic E-state index is 12.2. The first-order valence-electron chi connectivity index (χ1n) is 7.12. The molecule has 7 nitrogen and oxygen atoms in total. The van der Waals surface area contributed by atoms with Crippen LogP contribution in [0.15, 0.2) is 30.3 Å². The molecule has 1 aromatic carbocycles. The minimum atomic E-state index is -0.455. The zero-order valence-electron chi connectivity index (χ0n) is 12.5. The van der Waals surface area contributed by atoms with Crippen LogP contribution in [0.2, 0.25) is 5.15 Å². The summed E-state index contributed by atoms with van der Waals surface area (Å²) < 4.78 is 0. The van der Waals surface area contributed by atoms with Gasteiger partial charge in [0.2, 0.25) is 0 Å². The smallest absolute Gasteiger partial charge is 0.273 e. The number of hydrogen-bond donors (Lipinski definition) is 4. The third-order valence-electron chi connectivity index (χ3n) is 3.37. The molecular weight excluding hydrogens is 316 g/mol. The van der Waals surface area contributed by atoms with Crippen molar-refractivity contribution in [1.82, 2.24) is 15.3 Å². The highest BCUT2D eigenvalue weighted by molar-refractivity contribution is 6.31. The monoisotopic (exact) mass is 334 g/mol. The Bertz CT molecular complexity index is 679. The number of carbonyl (C=O) groups is 1. The number of rotatable bonds is 6. The van der Waals surface area contributed by atoms with Gasteiger partial charge >= 0.3 is 0 Å². The molecule has 0 saturated heterocycles. The van der Waals surface area contributed by atoms with Crippen molar-refractivity contribution in [3.63, 3.8) is 0 Å². The van der Waals surface area contributed by atoms with E-state index in [1.807, 2.05) is 30.3 Å². The number of nitrogens with two attached hydrogens (primary N) is 3. The molecule has 0 radical (unpaired) electrons. The molecule has 0 aliphatic heterocycles. The molecule has 0 fully saturated rings. The van der Waals surface area contributed by atoms with Gasteiger partial charge in [0.15, 0.2) is 22.5 Å². The van der Waals surface area contributed by atoms with Gasteiger partial charge in [0, 0.05) is 6.54 Å². The lowest BCUT2D eigenvalue weighted by Gasteiger charge is -2.16. The SMILES string of the molecule is NCC(CNC(=O)c1nc(Cl)c(N)nc1N)Cc1ccccc1. The van der Waals surface area contributed by atoms with E-state index in [0.29, 0.717) is 13.1 Å². The van der Waals surface area contributed by atoms with Crippen LogP contribution in [-0.4, -0.2) is 29.0 Å². The Morgan fingerprint density at radius 1 is 1.17 bits per heavy atom. The van der Waals surface area contributed by atoms with Gasteiger partial charge in [-0.3, -0.25) is 4.79 Å². The van der Waals surface area contributed by atoms with E-state index < -0.39 is 5.91 Å². The van der Waals surface area contributed by atoms with Crippen LogP contribution in [0.25, 0.3) is 0 Å². The highest BCUT2D eigenvalue weighted by Gasteiger charge is 2.17. The molecule has 0 aliphatic carbocycles. The molecular formula is C15H19ClN6O. The molecule has 0 bridgehead atoms. The fourth-order valence-corrected chi connectivity index (χ4v) is 2.24. The van der Waals surface area contributed by atoms with Crippen LogP contribution in [0.5, 0.6) is 0 Å². The number of benzene rings is 1. The zero-order valence-corrected chi connectivity index (χ0v) is 13.3. The molecule has 1 atom stereocenters. The molecule has 2 rings (SSSR count). The first-order valence-corrected chi connectivity index (χ1v) is 7.49. The number of aromatic nitrogens is 2. The predicted octanol–water partition coefficient (Wildman–Crippen LogP) is 0.842. The number of anilines is 2. The van der Waals surface area contributed by atoms with E-state index in [9.17, 15) is 4.79 Å². The van der Waals surface area contributed by atoms with E-state index in [4.69, 9.17) is 28.8 Å². The minimum Gasteiger partial charge on any atom is -0.382 e. The second-order valence-corrected chi connectivity index (χ2v) is 5.49. The van der Waals surface area contributed by atoms with E-state index in [0.717, 1.165) is 12.0 Å². The lowest BCUT2D eigenvalue weighted by Crippen LogP contribution is -2.34. The van der Waals surface area contributed by atoms with Gasteiger partial charge in [-0.15, -0.1) is 0 Å². The van der Waals surface area contributed by atoms with Gasteiger partial charge in [0.05, 0.1) is 0 Å². The molecule has 1 aromatic heterocycles. The lowest BCUT2D eigenvalue weighted by atomic mass is 9.99. The van der Waals surface area contributed by atoms with E-state index in [2.05, 4.69) is 15.3 Å². The standard InChI is InChI=1S/C15H19ClN6O/c16-12-14(19)22-13(18)11(21-12)15(23)20-8-10(7-17)6-9-4-2-1-3-5-9/h1-5,10H,6-8,17H2,(H,20,23)(H4,18,19,22). The minimum absolute atomic E-state index is 0.00960. The maximum Gasteiger partial charge on any atom is 0.273 e. The van der Waals surface area contributed by atoms with Gasteiger partial charge in [-0.2, -0.15) is 0 Å². The summed E-state index contributed by atoms with van der Waals surface area (Å²) in [7, 11) is 0. The van der Waals surface area contributed by atoms with E-state index >= 15 is 0 Å². The van der Waals surface area contributed by atoms with Gasteiger partial charge in [0.1, 0.15) is 0 Å². The molecule has 8 heteroatoms. The second kappa shape index (κ2) is 7.75. The number of hydrogen-bond acceptors (Lipinski definition) is 6. The van der Waals surface area contributed by atoms with E-state index in [1.54, 1.807) is 0 Å². The molecule has 23 heavy (non-hydrogen) atoms. The van der Waals surface area contributed by atoms with Crippen LogP contribution >= 0.6 is 11.6 Å². The van der Waals surface area contributed by atoms with E-state index in [1.165, 1.54) is 0 Å². The Balaban J connectivity index is 1.98. The lowest BCUT2D eigenvalue weighted by molar-refractivity contribution is 0.0943. The Hall–Kier alpha value is -2.38. The third-order valence-corrected chi connectivity index (χ3v) is 3.65. The first-order chi connectivity index (χ1) is 11.0. The predicted molar refractivity (Wildman–Crippen MR) is 90.9 cm³/mol.